The average molecular weight is 219 g/mol. The molecule has 0 unspecified atom stereocenters. The van der Waals surface area contributed by atoms with Crippen LogP contribution in [0, 0.1) is 11.3 Å². The van der Waals surface area contributed by atoms with Crippen LogP contribution in [0.25, 0.3) is 10.1 Å². The van der Waals surface area contributed by atoms with E-state index in [-0.39, 0.29) is 0 Å². The summed E-state index contributed by atoms with van der Waals surface area (Å²) in [6.45, 7) is 2.10. The van der Waals surface area contributed by atoms with Gasteiger partial charge in [-0.05, 0) is 35.6 Å². The first-order chi connectivity index (χ1) is 6.74. The molecule has 1 nitrogen and oxygen atoms in total. The SMILES string of the molecule is CCc1cc(C#N)cc2cc(S)sc12. The molecule has 0 radical (unpaired) electrons. The Morgan fingerprint density at radius 2 is 2.21 bits per heavy atom. The van der Waals surface area contributed by atoms with E-state index in [4.69, 9.17) is 5.26 Å². The quantitative estimate of drug-likeness (QED) is 0.728. The van der Waals surface area contributed by atoms with Crippen LogP contribution in [0.1, 0.15) is 18.1 Å². The molecule has 70 valence electrons. The van der Waals surface area contributed by atoms with Crippen LogP contribution in [0.2, 0.25) is 0 Å². The van der Waals surface area contributed by atoms with Gasteiger partial charge in [0.15, 0.2) is 0 Å². The lowest BCUT2D eigenvalue weighted by Crippen LogP contribution is -1.82. The smallest absolute Gasteiger partial charge is 0.0991 e. The molecule has 1 aromatic heterocycles. The second-order valence-electron chi connectivity index (χ2n) is 3.10. The molecule has 0 aliphatic rings. The highest BCUT2D eigenvalue weighted by molar-refractivity contribution is 7.83. The second kappa shape index (κ2) is 3.64. The molecule has 3 heteroatoms. The monoisotopic (exact) mass is 219 g/mol. The molecule has 0 spiro atoms. The van der Waals surface area contributed by atoms with Crippen LogP contribution >= 0.6 is 24.0 Å². The van der Waals surface area contributed by atoms with Gasteiger partial charge in [-0.1, -0.05) is 6.92 Å². The van der Waals surface area contributed by atoms with E-state index in [9.17, 15) is 0 Å². The number of nitriles is 1. The summed E-state index contributed by atoms with van der Waals surface area (Å²) in [5.74, 6) is 0. The highest BCUT2D eigenvalue weighted by Gasteiger charge is 2.05. The van der Waals surface area contributed by atoms with Gasteiger partial charge < -0.3 is 0 Å². The van der Waals surface area contributed by atoms with Crippen LogP contribution in [0.4, 0.5) is 0 Å². The van der Waals surface area contributed by atoms with Gasteiger partial charge in [-0.15, -0.1) is 24.0 Å². The summed E-state index contributed by atoms with van der Waals surface area (Å²) in [6.07, 6.45) is 0.958. The minimum absolute atomic E-state index is 0.737. The summed E-state index contributed by atoms with van der Waals surface area (Å²) in [5.41, 5.74) is 1.98. The molecule has 0 atom stereocenters. The number of fused-ring (bicyclic) bond motifs is 1. The fraction of sp³-hybridized carbons (Fsp3) is 0.182. The number of rotatable bonds is 1. The van der Waals surface area contributed by atoms with Crippen molar-refractivity contribution in [2.24, 2.45) is 0 Å². The fourth-order valence-electron chi connectivity index (χ4n) is 1.54. The predicted molar refractivity (Wildman–Crippen MR) is 63.2 cm³/mol. The summed E-state index contributed by atoms with van der Waals surface area (Å²) in [7, 11) is 0. The topological polar surface area (TPSA) is 23.8 Å². The Bertz CT molecular complexity index is 520. The van der Waals surface area contributed by atoms with Crippen molar-refractivity contribution in [3.63, 3.8) is 0 Å². The van der Waals surface area contributed by atoms with Crippen molar-refractivity contribution in [3.8, 4) is 6.07 Å². The molecule has 0 aliphatic carbocycles. The Morgan fingerprint density at radius 3 is 2.86 bits per heavy atom. The largest absolute Gasteiger partial charge is 0.192 e. The minimum Gasteiger partial charge on any atom is -0.192 e. The summed E-state index contributed by atoms with van der Waals surface area (Å²) in [4.78, 5) is 0. The van der Waals surface area contributed by atoms with Crippen molar-refractivity contribution in [2.75, 3.05) is 0 Å². The van der Waals surface area contributed by atoms with Crippen LogP contribution in [-0.4, -0.2) is 0 Å². The molecule has 1 heterocycles. The summed E-state index contributed by atoms with van der Waals surface area (Å²) in [5, 5.41) is 9.99. The molecular weight excluding hydrogens is 210 g/mol. The average Bonchev–Trinajstić information content (AvgIpc) is 2.56. The van der Waals surface area contributed by atoms with Crippen molar-refractivity contribution in [1.29, 1.82) is 5.26 Å². The maximum Gasteiger partial charge on any atom is 0.0991 e. The molecule has 2 aromatic rings. The molecule has 2 rings (SSSR count). The number of thiophene rings is 1. The van der Waals surface area contributed by atoms with E-state index >= 15 is 0 Å². The third-order valence-corrected chi connectivity index (χ3v) is 3.62. The van der Waals surface area contributed by atoms with Gasteiger partial charge in [-0.25, -0.2) is 0 Å². The van der Waals surface area contributed by atoms with Crippen molar-refractivity contribution in [2.45, 2.75) is 17.6 Å². The molecule has 0 fully saturated rings. The number of thiol groups is 1. The van der Waals surface area contributed by atoms with Crippen LogP contribution in [-0.2, 0) is 6.42 Å². The Labute approximate surface area is 92.4 Å². The second-order valence-corrected chi connectivity index (χ2v) is 4.94. The van der Waals surface area contributed by atoms with Crippen LogP contribution < -0.4 is 0 Å². The molecule has 0 aliphatic heterocycles. The van der Waals surface area contributed by atoms with Crippen molar-refractivity contribution in [3.05, 3.63) is 29.3 Å². The van der Waals surface area contributed by atoms with E-state index in [2.05, 4.69) is 25.6 Å². The van der Waals surface area contributed by atoms with E-state index in [1.807, 2.05) is 18.2 Å². The number of benzene rings is 1. The van der Waals surface area contributed by atoms with Gasteiger partial charge in [0, 0.05) is 4.70 Å². The van der Waals surface area contributed by atoms with E-state index in [0.29, 0.717) is 0 Å². The van der Waals surface area contributed by atoms with Gasteiger partial charge in [0.1, 0.15) is 0 Å². The van der Waals surface area contributed by atoms with Crippen molar-refractivity contribution >= 4 is 34.1 Å². The molecule has 0 bridgehead atoms. The predicted octanol–water partition coefficient (Wildman–Crippen LogP) is 3.62. The summed E-state index contributed by atoms with van der Waals surface area (Å²) in [6, 6.07) is 8.09. The van der Waals surface area contributed by atoms with Gasteiger partial charge in [-0.3, -0.25) is 0 Å². The highest BCUT2D eigenvalue weighted by Crippen LogP contribution is 2.32. The zero-order valence-electron chi connectivity index (χ0n) is 7.74. The maximum atomic E-state index is 8.86. The molecular formula is C11H9NS2. The number of hydrogen-bond acceptors (Lipinski definition) is 3. The van der Waals surface area contributed by atoms with Gasteiger partial charge in [0.2, 0.25) is 0 Å². The Morgan fingerprint density at radius 1 is 1.43 bits per heavy atom. The minimum atomic E-state index is 0.737. The molecule has 0 N–H and O–H groups in total. The summed E-state index contributed by atoms with van der Waals surface area (Å²) < 4.78 is 2.27. The van der Waals surface area contributed by atoms with Crippen molar-refractivity contribution < 1.29 is 0 Å². The summed E-state index contributed by atoms with van der Waals surface area (Å²) >= 11 is 6.01. The van der Waals surface area contributed by atoms with E-state index in [1.54, 1.807) is 11.3 Å². The molecule has 0 amide bonds. The van der Waals surface area contributed by atoms with Crippen LogP contribution in [0.5, 0.6) is 0 Å². The van der Waals surface area contributed by atoms with Gasteiger partial charge in [-0.2, -0.15) is 5.26 Å². The normalized spacial score (nSPS) is 10.4. The molecule has 14 heavy (non-hydrogen) atoms. The lowest BCUT2D eigenvalue weighted by atomic mass is 10.1. The Kier molecular flexibility index (Phi) is 2.49. The first-order valence-corrected chi connectivity index (χ1v) is 5.66. The fourth-order valence-corrected chi connectivity index (χ4v) is 2.92. The molecule has 1 aromatic carbocycles. The van der Waals surface area contributed by atoms with Gasteiger partial charge in [0.25, 0.3) is 0 Å². The zero-order valence-corrected chi connectivity index (χ0v) is 9.45. The highest BCUT2D eigenvalue weighted by atomic mass is 32.2. The first-order valence-electron chi connectivity index (χ1n) is 4.40. The third-order valence-electron chi connectivity index (χ3n) is 2.19. The van der Waals surface area contributed by atoms with E-state index < -0.39 is 0 Å². The number of hydrogen-bond donors (Lipinski definition) is 1. The van der Waals surface area contributed by atoms with E-state index in [1.165, 1.54) is 10.3 Å². The zero-order chi connectivity index (χ0) is 10.1. The maximum absolute atomic E-state index is 8.86. The number of nitrogens with zero attached hydrogens (tertiary/aromatic N) is 1. The van der Waals surface area contributed by atoms with Crippen LogP contribution in [0.15, 0.2) is 22.4 Å². The number of aryl methyl sites for hydroxylation is 1. The first kappa shape index (κ1) is 9.57. The van der Waals surface area contributed by atoms with Crippen LogP contribution in [0.3, 0.4) is 0 Å². The molecule has 0 saturated heterocycles. The lowest BCUT2D eigenvalue weighted by Gasteiger charge is -1.99. The Hall–Kier alpha value is -0.980. The van der Waals surface area contributed by atoms with Crippen molar-refractivity contribution in [1.82, 2.24) is 0 Å². The van der Waals surface area contributed by atoms with Gasteiger partial charge in [0.05, 0.1) is 15.8 Å². The van der Waals surface area contributed by atoms with E-state index in [0.717, 1.165) is 21.6 Å². The third kappa shape index (κ3) is 1.52. The molecule has 0 saturated carbocycles. The van der Waals surface area contributed by atoms with Gasteiger partial charge >= 0.3 is 0 Å². The standard InChI is InChI=1S/C11H9NS2/c1-2-8-3-7(6-12)4-9-5-10(13)14-11(8)9/h3-5,13H,2H2,1H3. The lowest BCUT2D eigenvalue weighted by molar-refractivity contribution is 1.16. The Balaban J connectivity index is 2.80.